The van der Waals surface area contributed by atoms with Gasteiger partial charge in [0.05, 0.1) is 12.5 Å². The van der Waals surface area contributed by atoms with Crippen LogP contribution >= 0.6 is 0 Å². The van der Waals surface area contributed by atoms with Crippen LogP contribution in [0.4, 0.5) is 0 Å². The molecule has 4 nitrogen and oxygen atoms in total. The summed E-state index contributed by atoms with van der Waals surface area (Å²) in [6.45, 7) is 2.92. The molecule has 1 aromatic rings. The number of aliphatic carboxylic acids is 1. The Bertz CT molecular complexity index is 419. The van der Waals surface area contributed by atoms with Crippen LogP contribution in [0.5, 0.6) is 0 Å². The van der Waals surface area contributed by atoms with Gasteiger partial charge in [-0.2, -0.15) is 0 Å². The molecule has 1 aromatic carbocycles. The first-order valence-corrected chi connectivity index (χ1v) is 6.21. The summed E-state index contributed by atoms with van der Waals surface area (Å²) in [6, 6.07) is 8.16. The highest BCUT2D eigenvalue weighted by Crippen LogP contribution is 2.20. The molecule has 18 heavy (non-hydrogen) atoms. The van der Waals surface area contributed by atoms with Crippen molar-refractivity contribution in [2.24, 2.45) is 5.92 Å². The monoisotopic (exact) mass is 249 g/mol. The number of carboxylic acids is 1. The van der Waals surface area contributed by atoms with Gasteiger partial charge < -0.3 is 9.84 Å². The second-order valence-electron chi connectivity index (χ2n) is 4.76. The van der Waals surface area contributed by atoms with E-state index >= 15 is 0 Å². The number of rotatable bonds is 5. The van der Waals surface area contributed by atoms with Crippen molar-refractivity contribution in [3.8, 4) is 0 Å². The molecule has 0 spiro atoms. The minimum Gasteiger partial charge on any atom is -0.481 e. The molecule has 0 amide bonds. The van der Waals surface area contributed by atoms with Gasteiger partial charge in [0, 0.05) is 20.2 Å². The molecule has 0 saturated carbocycles. The topological polar surface area (TPSA) is 49.8 Å². The summed E-state index contributed by atoms with van der Waals surface area (Å²) >= 11 is 0. The van der Waals surface area contributed by atoms with E-state index < -0.39 is 5.97 Å². The van der Waals surface area contributed by atoms with Gasteiger partial charge >= 0.3 is 5.97 Å². The molecule has 0 aromatic heterocycles. The summed E-state index contributed by atoms with van der Waals surface area (Å²) in [5.41, 5.74) is 2.41. The van der Waals surface area contributed by atoms with Crippen molar-refractivity contribution in [3.05, 3.63) is 35.4 Å². The van der Waals surface area contributed by atoms with Gasteiger partial charge in [0.25, 0.3) is 0 Å². The van der Waals surface area contributed by atoms with Gasteiger partial charge in [0.2, 0.25) is 0 Å². The molecule has 1 saturated heterocycles. The van der Waals surface area contributed by atoms with Crippen molar-refractivity contribution < 1.29 is 14.6 Å². The standard InChI is InChI=1S/C14H19NO3/c1-18-10-13-5-3-2-4-11(13)8-15-7-6-12(9-15)14(16)17/h2-5,12H,6-10H2,1H3,(H,16,17). The molecule has 0 aliphatic carbocycles. The van der Waals surface area contributed by atoms with Crippen molar-refractivity contribution in [2.45, 2.75) is 19.6 Å². The average molecular weight is 249 g/mol. The molecule has 1 heterocycles. The van der Waals surface area contributed by atoms with Gasteiger partial charge in [-0.3, -0.25) is 9.69 Å². The van der Waals surface area contributed by atoms with Crippen molar-refractivity contribution in [3.63, 3.8) is 0 Å². The Kier molecular flexibility index (Phi) is 4.33. The normalized spacial score (nSPS) is 20.2. The second kappa shape index (κ2) is 5.98. The maximum Gasteiger partial charge on any atom is 0.307 e. The fourth-order valence-corrected chi connectivity index (χ4v) is 2.43. The van der Waals surface area contributed by atoms with E-state index in [1.54, 1.807) is 7.11 Å². The number of ether oxygens (including phenoxy) is 1. The van der Waals surface area contributed by atoms with Gasteiger partial charge in [-0.15, -0.1) is 0 Å². The SMILES string of the molecule is COCc1ccccc1CN1CCC(C(=O)O)C1. The predicted octanol–water partition coefficient (Wildman–Crippen LogP) is 1.74. The third kappa shape index (κ3) is 3.09. The molecule has 0 radical (unpaired) electrons. The van der Waals surface area contributed by atoms with Crippen LogP contribution in [0.25, 0.3) is 0 Å². The third-order valence-corrected chi connectivity index (χ3v) is 3.43. The van der Waals surface area contributed by atoms with Crippen LogP contribution in [-0.4, -0.2) is 36.2 Å². The number of carbonyl (C=O) groups is 1. The maximum atomic E-state index is 10.9. The van der Waals surface area contributed by atoms with E-state index in [4.69, 9.17) is 9.84 Å². The fraction of sp³-hybridized carbons (Fsp3) is 0.500. The molecule has 98 valence electrons. The van der Waals surface area contributed by atoms with Crippen LogP contribution in [0.2, 0.25) is 0 Å². The Morgan fingerprint density at radius 2 is 2.17 bits per heavy atom. The predicted molar refractivity (Wildman–Crippen MR) is 68.2 cm³/mol. The number of hydrogen-bond donors (Lipinski definition) is 1. The number of benzene rings is 1. The van der Waals surface area contributed by atoms with Crippen LogP contribution in [0, 0.1) is 5.92 Å². The molecule has 1 N–H and O–H groups in total. The van der Waals surface area contributed by atoms with Gasteiger partial charge in [0.15, 0.2) is 0 Å². The van der Waals surface area contributed by atoms with Gasteiger partial charge in [-0.1, -0.05) is 24.3 Å². The van der Waals surface area contributed by atoms with Crippen LogP contribution in [-0.2, 0) is 22.7 Å². The fourth-order valence-electron chi connectivity index (χ4n) is 2.43. The largest absolute Gasteiger partial charge is 0.481 e. The average Bonchev–Trinajstić information content (AvgIpc) is 2.81. The zero-order valence-electron chi connectivity index (χ0n) is 10.6. The molecule has 1 unspecified atom stereocenters. The highest BCUT2D eigenvalue weighted by atomic mass is 16.5. The highest BCUT2D eigenvalue weighted by Gasteiger charge is 2.27. The molecule has 1 aliphatic heterocycles. The minimum absolute atomic E-state index is 0.209. The Morgan fingerprint density at radius 3 is 2.78 bits per heavy atom. The summed E-state index contributed by atoms with van der Waals surface area (Å²) in [4.78, 5) is 13.1. The quantitative estimate of drug-likeness (QED) is 0.863. The van der Waals surface area contributed by atoms with Crippen molar-refractivity contribution in [1.82, 2.24) is 4.90 Å². The molecule has 1 aliphatic rings. The maximum absolute atomic E-state index is 10.9. The van der Waals surface area contributed by atoms with E-state index in [-0.39, 0.29) is 5.92 Å². The molecule has 4 heteroatoms. The number of carboxylic acid groups (broad SMARTS) is 1. The third-order valence-electron chi connectivity index (χ3n) is 3.43. The summed E-state index contributed by atoms with van der Waals surface area (Å²) in [5, 5.41) is 8.99. The Balaban J connectivity index is 2.00. The Morgan fingerprint density at radius 1 is 1.44 bits per heavy atom. The van der Waals surface area contributed by atoms with E-state index in [2.05, 4.69) is 17.0 Å². The van der Waals surface area contributed by atoms with Crippen LogP contribution in [0.1, 0.15) is 17.5 Å². The van der Waals surface area contributed by atoms with Crippen molar-refractivity contribution in [2.75, 3.05) is 20.2 Å². The number of likely N-dealkylation sites (tertiary alicyclic amines) is 1. The minimum atomic E-state index is -0.678. The Hall–Kier alpha value is -1.39. The van der Waals surface area contributed by atoms with Gasteiger partial charge in [-0.05, 0) is 24.1 Å². The summed E-state index contributed by atoms with van der Waals surface area (Å²) in [5.74, 6) is -0.887. The molecule has 0 bridgehead atoms. The lowest BCUT2D eigenvalue weighted by Crippen LogP contribution is -2.23. The van der Waals surface area contributed by atoms with E-state index in [0.717, 1.165) is 19.5 Å². The van der Waals surface area contributed by atoms with Gasteiger partial charge in [-0.25, -0.2) is 0 Å². The Labute approximate surface area is 107 Å². The zero-order chi connectivity index (χ0) is 13.0. The first-order valence-electron chi connectivity index (χ1n) is 6.21. The lowest BCUT2D eigenvalue weighted by Gasteiger charge is -2.17. The lowest BCUT2D eigenvalue weighted by molar-refractivity contribution is -0.141. The smallest absolute Gasteiger partial charge is 0.307 e. The van der Waals surface area contributed by atoms with Crippen LogP contribution < -0.4 is 0 Å². The van der Waals surface area contributed by atoms with Crippen LogP contribution in [0.3, 0.4) is 0 Å². The van der Waals surface area contributed by atoms with Gasteiger partial charge in [0.1, 0.15) is 0 Å². The summed E-state index contributed by atoms with van der Waals surface area (Å²) < 4.78 is 5.18. The molecule has 2 rings (SSSR count). The van der Waals surface area contributed by atoms with E-state index in [1.165, 1.54) is 11.1 Å². The van der Waals surface area contributed by atoms with E-state index in [0.29, 0.717) is 13.2 Å². The van der Waals surface area contributed by atoms with Crippen molar-refractivity contribution in [1.29, 1.82) is 0 Å². The summed E-state index contributed by atoms with van der Waals surface area (Å²) in [7, 11) is 1.69. The number of nitrogens with zero attached hydrogens (tertiary/aromatic N) is 1. The lowest BCUT2D eigenvalue weighted by atomic mass is 10.1. The first kappa shape index (κ1) is 13.1. The molecular formula is C14H19NO3. The van der Waals surface area contributed by atoms with Crippen LogP contribution in [0.15, 0.2) is 24.3 Å². The highest BCUT2D eigenvalue weighted by molar-refractivity contribution is 5.70. The molecule has 1 fully saturated rings. The van der Waals surface area contributed by atoms with E-state index in [1.807, 2.05) is 12.1 Å². The number of hydrogen-bond acceptors (Lipinski definition) is 3. The summed E-state index contributed by atoms with van der Waals surface area (Å²) in [6.07, 6.45) is 0.752. The molecular weight excluding hydrogens is 230 g/mol. The molecule has 1 atom stereocenters. The number of methoxy groups -OCH3 is 1. The van der Waals surface area contributed by atoms with E-state index in [9.17, 15) is 4.79 Å². The first-order chi connectivity index (χ1) is 8.70. The van der Waals surface area contributed by atoms with Crippen molar-refractivity contribution >= 4 is 5.97 Å². The second-order valence-corrected chi connectivity index (χ2v) is 4.76. The zero-order valence-corrected chi connectivity index (χ0v) is 10.6.